The lowest BCUT2D eigenvalue weighted by Crippen LogP contribution is -2.30. The molecule has 2 aliphatic rings. The van der Waals surface area contributed by atoms with Crippen LogP contribution in [0.15, 0.2) is 91.5 Å². The Morgan fingerprint density at radius 2 is 1.81 bits per heavy atom. The van der Waals surface area contributed by atoms with Crippen LogP contribution in [0.25, 0.3) is 0 Å². The molecular formula is C29H29N5OS. The van der Waals surface area contributed by atoms with Gasteiger partial charge in [0, 0.05) is 42.7 Å². The van der Waals surface area contributed by atoms with Crippen molar-refractivity contribution >= 4 is 23.0 Å². The van der Waals surface area contributed by atoms with Gasteiger partial charge in [-0.2, -0.15) is 0 Å². The van der Waals surface area contributed by atoms with E-state index in [1.807, 2.05) is 30.6 Å². The van der Waals surface area contributed by atoms with Gasteiger partial charge in [0.05, 0.1) is 17.8 Å². The van der Waals surface area contributed by atoms with Crippen molar-refractivity contribution in [1.82, 2.24) is 19.9 Å². The van der Waals surface area contributed by atoms with E-state index in [0.29, 0.717) is 11.2 Å². The average molecular weight is 496 g/mol. The Labute approximate surface area is 217 Å². The Bertz CT molecular complexity index is 1300. The van der Waals surface area contributed by atoms with Crippen molar-refractivity contribution in [3.05, 3.63) is 108 Å². The Morgan fingerprint density at radius 1 is 0.944 bits per heavy atom. The molecule has 182 valence electrons. The van der Waals surface area contributed by atoms with E-state index < -0.39 is 0 Å². The van der Waals surface area contributed by atoms with Crippen LogP contribution in [0, 0.1) is 0 Å². The molecule has 1 N–H and O–H groups in total. The van der Waals surface area contributed by atoms with E-state index in [1.54, 1.807) is 6.20 Å². The number of pyridine rings is 2. The summed E-state index contributed by atoms with van der Waals surface area (Å²) in [5.74, 6) is 0.918. The first kappa shape index (κ1) is 22.7. The molecule has 1 saturated carbocycles. The molecule has 0 spiro atoms. The fourth-order valence-corrected chi connectivity index (χ4v) is 5.69. The Morgan fingerprint density at radius 3 is 2.56 bits per heavy atom. The van der Waals surface area contributed by atoms with Gasteiger partial charge in [-0.3, -0.25) is 9.97 Å². The molecule has 4 heterocycles. The number of aromatic nitrogens is 3. The second-order valence-electron chi connectivity index (χ2n) is 9.44. The molecule has 1 saturated heterocycles. The van der Waals surface area contributed by atoms with E-state index in [-0.39, 0.29) is 12.1 Å². The second-order valence-corrected chi connectivity index (χ2v) is 9.82. The van der Waals surface area contributed by atoms with Gasteiger partial charge in [-0.15, -0.1) is 0 Å². The van der Waals surface area contributed by atoms with E-state index in [1.165, 1.54) is 12.8 Å². The summed E-state index contributed by atoms with van der Waals surface area (Å²) >= 11 is 5.91. The minimum Gasteiger partial charge on any atom is -0.490 e. The zero-order chi connectivity index (χ0) is 24.3. The van der Waals surface area contributed by atoms with Gasteiger partial charge in [-0.05, 0) is 98.1 Å². The minimum atomic E-state index is -0.0873. The molecular weight excluding hydrogens is 466 g/mol. The lowest BCUT2D eigenvalue weighted by atomic mass is 10.0. The van der Waals surface area contributed by atoms with E-state index in [2.05, 4.69) is 79.5 Å². The molecule has 3 aromatic heterocycles. The maximum Gasteiger partial charge on any atom is 0.174 e. The van der Waals surface area contributed by atoms with Crippen molar-refractivity contribution in [2.24, 2.45) is 0 Å². The molecule has 0 amide bonds. The lowest BCUT2D eigenvalue weighted by molar-refractivity contribution is 0.210. The largest absolute Gasteiger partial charge is 0.490 e. The second kappa shape index (κ2) is 10.1. The summed E-state index contributed by atoms with van der Waals surface area (Å²) < 4.78 is 8.48. The van der Waals surface area contributed by atoms with Gasteiger partial charge in [0.1, 0.15) is 11.8 Å². The minimum absolute atomic E-state index is 0.0688. The highest BCUT2D eigenvalue weighted by molar-refractivity contribution is 7.80. The number of rotatable bonds is 7. The van der Waals surface area contributed by atoms with Crippen molar-refractivity contribution in [3.8, 4) is 5.75 Å². The van der Waals surface area contributed by atoms with Crippen LogP contribution in [0.3, 0.4) is 0 Å². The molecule has 36 heavy (non-hydrogen) atoms. The molecule has 1 aromatic carbocycles. The summed E-state index contributed by atoms with van der Waals surface area (Å²) in [7, 11) is 0. The normalized spacial score (nSPS) is 20.0. The molecule has 0 bridgehead atoms. The van der Waals surface area contributed by atoms with Crippen molar-refractivity contribution in [3.63, 3.8) is 0 Å². The standard InChI is InChI=1S/C29H29N5OS/c36-29-32-27(25-10-3-4-17-31-25)28(26-11-6-18-33(26)20-21-7-5-16-30-19-21)34(29)22-12-14-24(15-13-22)35-23-8-1-2-9-23/h3-7,10-19,23,27-28H,1-2,8-9,20H2,(H,32,36)/t27-,28-/m0/s1. The summed E-state index contributed by atoms with van der Waals surface area (Å²) in [5, 5.41) is 4.25. The first-order valence-electron chi connectivity index (χ1n) is 12.6. The fourth-order valence-electron chi connectivity index (χ4n) is 5.35. The van der Waals surface area contributed by atoms with Crippen LogP contribution in [0.4, 0.5) is 5.69 Å². The van der Waals surface area contributed by atoms with Crippen molar-refractivity contribution in [2.45, 2.75) is 50.4 Å². The number of benzene rings is 1. The molecule has 1 aliphatic heterocycles. The van der Waals surface area contributed by atoms with Crippen LogP contribution in [0.1, 0.15) is 54.7 Å². The van der Waals surface area contributed by atoms with E-state index >= 15 is 0 Å². The smallest absolute Gasteiger partial charge is 0.174 e. The summed E-state index contributed by atoms with van der Waals surface area (Å²) in [5.41, 5.74) is 4.30. The van der Waals surface area contributed by atoms with Crippen LogP contribution < -0.4 is 15.0 Å². The van der Waals surface area contributed by atoms with Crippen LogP contribution in [0.5, 0.6) is 5.75 Å². The fraction of sp³-hybridized carbons (Fsp3) is 0.276. The molecule has 0 radical (unpaired) electrons. The van der Waals surface area contributed by atoms with Crippen LogP contribution in [-0.4, -0.2) is 25.8 Å². The Hall–Kier alpha value is -3.71. The first-order valence-corrected chi connectivity index (χ1v) is 13.0. The highest BCUT2D eigenvalue weighted by Crippen LogP contribution is 2.42. The molecule has 6 nitrogen and oxygen atoms in total. The Kier molecular flexibility index (Phi) is 6.38. The molecule has 0 unspecified atom stereocenters. The molecule has 4 aromatic rings. The number of thiocarbonyl (C=S) groups is 1. The van der Waals surface area contributed by atoms with E-state index in [0.717, 1.165) is 47.8 Å². The monoisotopic (exact) mass is 495 g/mol. The van der Waals surface area contributed by atoms with Crippen LogP contribution >= 0.6 is 12.2 Å². The Balaban J connectivity index is 1.35. The predicted molar refractivity (Wildman–Crippen MR) is 145 cm³/mol. The van der Waals surface area contributed by atoms with E-state index in [4.69, 9.17) is 17.0 Å². The zero-order valence-corrected chi connectivity index (χ0v) is 20.8. The number of anilines is 1. The highest BCUT2D eigenvalue weighted by atomic mass is 32.1. The van der Waals surface area contributed by atoms with Crippen LogP contribution in [0.2, 0.25) is 0 Å². The lowest BCUT2D eigenvalue weighted by Gasteiger charge is -2.29. The third kappa shape index (κ3) is 4.58. The third-order valence-corrected chi connectivity index (χ3v) is 7.38. The van der Waals surface area contributed by atoms with Gasteiger partial charge >= 0.3 is 0 Å². The van der Waals surface area contributed by atoms with Gasteiger partial charge < -0.3 is 19.5 Å². The SMILES string of the molecule is S=C1N[C@@H](c2ccccn2)[C@H](c2cccn2Cc2cccnc2)N1c1ccc(OC2CCCC2)cc1. The molecule has 7 heteroatoms. The molecule has 6 rings (SSSR count). The number of hydrogen-bond acceptors (Lipinski definition) is 4. The number of nitrogens with one attached hydrogen (secondary N) is 1. The summed E-state index contributed by atoms with van der Waals surface area (Å²) in [6, 6.07) is 22.6. The van der Waals surface area contributed by atoms with Gasteiger partial charge in [0.25, 0.3) is 0 Å². The maximum atomic E-state index is 6.21. The van der Waals surface area contributed by atoms with E-state index in [9.17, 15) is 0 Å². The van der Waals surface area contributed by atoms with Gasteiger partial charge in [-0.25, -0.2) is 0 Å². The first-order chi connectivity index (χ1) is 17.8. The zero-order valence-electron chi connectivity index (χ0n) is 20.0. The number of hydrogen-bond donors (Lipinski definition) is 1. The topological polar surface area (TPSA) is 55.2 Å². The average Bonchev–Trinajstić information content (AvgIpc) is 3.66. The van der Waals surface area contributed by atoms with Gasteiger partial charge in [-0.1, -0.05) is 12.1 Å². The van der Waals surface area contributed by atoms with Gasteiger partial charge in [0.2, 0.25) is 0 Å². The van der Waals surface area contributed by atoms with Gasteiger partial charge in [0.15, 0.2) is 5.11 Å². The summed E-state index contributed by atoms with van der Waals surface area (Å²) in [6.45, 7) is 0.733. The summed E-state index contributed by atoms with van der Waals surface area (Å²) in [6.07, 6.45) is 12.8. The predicted octanol–water partition coefficient (Wildman–Crippen LogP) is 5.82. The highest BCUT2D eigenvalue weighted by Gasteiger charge is 2.42. The molecule has 2 atom stereocenters. The van der Waals surface area contributed by atoms with Crippen LogP contribution in [-0.2, 0) is 6.54 Å². The number of nitrogens with zero attached hydrogens (tertiary/aromatic N) is 4. The van der Waals surface area contributed by atoms with Crippen molar-refractivity contribution in [2.75, 3.05) is 4.90 Å². The van der Waals surface area contributed by atoms with Crippen molar-refractivity contribution in [1.29, 1.82) is 0 Å². The summed E-state index contributed by atoms with van der Waals surface area (Å²) in [4.78, 5) is 11.2. The maximum absolute atomic E-state index is 6.21. The quantitative estimate of drug-likeness (QED) is 0.326. The third-order valence-electron chi connectivity index (χ3n) is 7.06. The number of ether oxygens (including phenoxy) is 1. The molecule has 1 aliphatic carbocycles. The van der Waals surface area contributed by atoms with Crippen molar-refractivity contribution < 1.29 is 4.74 Å². The molecule has 2 fully saturated rings.